The van der Waals surface area contributed by atoms with Gasteiger partial charge in [0.25, 0.3) is 0 Å². The van der Waals surface area contributed by atoms with Gasteiger partial charge in [0, 0.05) is 18.8 Å². The molecule has 0 aliphatic heterocycles. The maximum atomic E-state index is 9.65. The molecule has 0 aliphatic carbocycles. The van der Waals surface area contributed by atoms with Gasteiger partial charge >= 0.3 is 0 Å². The van der Waals surface area contributed by atoms with Crippen LogP contribution >= 0.6 is 0 Å². The summed E-state index contributed by atoms with van der Waals surface area (Å²) < 4.78 is 0. The van der Waals surface area contributed by atoms with Gasteiger partial charge in [0.1, 0.15) is 5.75 Å². The molecule has 14 heavy (non-hydrogen) atoms. The third-order valence-electron chi connectivity index (χ3n) is 2.21. The second-order valence-corrected chi connectivity index (χ2v) is 3.11. The van der Waals surface area contributed by atoms with E-state index in [-0.39, 0.29) is 5.75 Å². The molecular weight excluding hydrogens is 174 g/mol. The lowest BCUT2D eigenvalue weighted by Gasteiger charge is -2.03. The summed E-state index contributed by atoms with van der Waals surface area (Å²) in [6.45, 7) is 0. The molecule has 0 aliphatic rings. The van der Waals surface area contributed by atoms with Crippen molar-refractivity contribution in [2.75, 3.05) is 7.05 Å². The predicted octanol–water partition coefficient (Wildman–Crippen LogP) is 2.59. The van der Waals surface area contributed by atoms with Gasteiger partial charge in [0.15, 0.2) is 0 Å². The number of rotatable bonds is 1. The summed E-state index contributed by atoms with van der Waals surface area (Å²) in [6.07, 6.45) is 1.68. The third kappa shape index (κ3) is 1.35. The number of nitrogens with zero attached hydrogens (tertiary/aromatic N) is 1. The highest BCUT2D eigenvalue weighted by molar-refractivity contribution is 6.02. The van der Waals surface area contributed by atoms with Gasteiger partial charge in [-0.3, -0.25) is 4.99 Å². The largest absolute Gasteiger partial charge is 0.507 e. The minimum atomic E-state index is 0.273. The second-order valence-electron chi connectivity index (χ2n) is 3.11. The van der Waals surface area contributed by atoms with E-state index >= 15 is 0 Å². The molecule has 0 atom stereocenters. The van der Waals surface area contributed by atoms with Gasteiger partial charge in [-0.1, -0.05) is 30.3 Å². The highest BCUT2D eigenvalue weighted by atomic mass is 16.3. The Labute approximate surface area is 82.5 Å². The molecule has 0 unspecified atom stereocenters. The number of benzene rings is 2. The molecule has 0 heterocycles. The van der Waals surface area contributed by atoms with Crippen molar-refractivity contribution in [1.82, 2.24) is 0 Å². The van der Waals surface area contributed by atoms with Gasteiger partial charge in [0.2, 0.25) is 0 Å². The Balaban J connectivity index is 2.82. The molecule has 0 spiro atoms. The van der Waals surface area contributed by atoms with Crippen LogP contribution in [0, 0.1) is 0 Å². The monoisotopic (exact) mass is 185 g/mol. The minimum Gasteiger partial charge on any atom is -0.507 e. The molecular formula is C12H11NO. The zero-order chi connectivity index (χ0) is 9.97. The maximum Gasteiger partial charge on any atom is 0.124 e. The van der Waals surface area contributed by atoms with E-state index in [1.807, 2.05) is 30.3 Å². The topological polar surface area (TPSA) is 32.6 Å². The van der Waals surface area contributed by atoms with Crippen molar-refractivity contribution in [3.63, 3.8) is 0 Å². The molecule has 2 heteroatoms. The van der Waals surface area contributed by atoms with E-state index in [9.17, 15) is 5.11 Å². The van der Waals surface area contributed by atoms with Gasteiger partial charge in [-0.2, -0.15) is 0 Å². The fraction of sp³-hybridized carbons (Fsp3) is 0.0833. The highest BCUT2D eigenvalue weighted by Crippen LogP contribution is 2.25. The first-order chi connectivity index (χ1) is 6.83. The van der Waals surface area contributed by atoms with Crippen molar-refractivity contribution in [3.8, 4) is 5.75 Å². The van der Waals surface area contributed by atoms with Crippen molar-refractivity contribution < 1.29 is 5.11 Å². The summed E-state index contributed by atoms with van der Waals surface area (Å²) in [5, 5.41) is 11.8. The zero-order valence-corrected chi connectivity index (χ0v) is 7.94. The molecule has 0 amide bonds. The van der Waals surface area contributed by atoms with Crippen LogP contribution in [0.25, 0.3) is 10.8 Å². The number of phenolic OH excluding ortho intramolecular Hbond substituents is 1. The fourth-order valence-electron chi connectivity index (χ4n) is 1.55. The lowest BCUT2D eigenvalue weighted by molar-refractivity contribution is 0.475. The Bertz CT molecular complexity index is 489. The summed E-state index contributed by atoms with van der Waals surface area (Å²) in [5.41, 5.74) is 0.783. The molecule has 0 bridgehead atoms. The van der Waals surface area contributed by atoms with Gasteiger partial charge in [-0.15, -0.1) is 0 Å². The average Bonchev–Trinajstić information content (AvgIpc) is 2.23. The number of hydrogen-bond acceptors (Lipinski definition) is 2. The Kier molecular flexibility index (Phi) is 2.19. The molecule has 70 valence electrons. The van der Waals surface area contributed by atoms with Crippen molar-refractivity contribution >= 4 is 17.0 Å². The third-order valence-corrected chi connectivity index (χ3v) is 2.21. The lowest BCUT2D eigenvalue weighted by Crippen LogP contribution is -1.85. The predicted molar refractivity (Wildman–Crippen MR) is 59.1 cm³/mol. The molecule has 0 aromatic heterocycles. The first-order valence-electron chi connectivity index (χ1n) is 4.46. The Hall–Kier alpha value is -1.83. The summed E-state index contributed by atoms with van der Waals surface area (Å²) in [7, 11) is 1.70. The zero-order valence-electron chi connectivity index (χ0n) is 7.94. The molecule has 0 saturated heterocycles. The van der Waals surface area contributed by atoms with Crippen molar-refractivity contribution in [2.45, 2.75) is 0 Å². The van der Waals surface area contributed by atoms with Gasteiger partial charge in [-0.05, 0) is 16.8 Å². The molecule has 2 rings (SSSR count). The minimum absolute atomic E-state index is 0.273. The number of phenols is 1. The number of fused-ring (bicyclic) bond motifs is 1. The van der Waals surface area contributed by atoms with Crippen LogP contribution < -0.4 is 0 Å². The maximum absolute atomic E-state index is 9.65. The van der Waals surface area contributed by atoms with E-state index in [1.54, 1.807) is 19.3 Å². The number of aliphatic imine (C=N–C) groups is 1. The quantitative estimate of drug-likeness (QED) is 0.680. The number of aromatic hydroxyl groups is 1. The van der Waals surface area contributed by atoms with E-state index < -0.39 is 0 Å². The molecule has 0 saturated carbocycles. The molecule has 1 N–H and O–H groups in total. The molecule has 0 fully saturated rings. The second kappa shape index (κ2) is 3.50. The van der Waals surface area contributed by atoms with Crippen molar-refractivity contribution in [1.29, 1.82) is 0 Å². The molecule has 2 aromatic carbocycles. The van der Waals surface area contributed by atoms with Crippen LogP contribution in [0.15, 0.2) is 41.4 Å². The lowest BCUT2D eigenvalue weighted by atomic mass is 10.0. The summed E-state index contributed by atoms with van der Waals surface area (Å²) in [6, 6.07) is 11.5. The summed E-state index contributed by atoms with van der Waals surface area (Å²) in [4.78, 5) is 3.93. The smallest absolute Gasteiger partial charge is 0.124 e. The van der Waals surface area contributed by atoms with Crippen LogP contribution in [0.3, 0.4) is 0 Å². The van der Waals surface area contributed by atoms with Gasteiger partial charge in [0.05, 0.1) is 0 Å². The van der Waals surface area contributed by atoms with Gasteiger partial charge < -0.3 is 5.11 Å². The van der Waals surface area contributed by atoms with Crippen LogP contribution in [0.4, 0.5) is 0 Å². The molecule has 0 radical (unpaired) electrons. The number of hydrogen-bond donors (Lipinski definition) is 1. The van der Waals surface area contributed by atoms with E-state index in [4.69, 9.17) is 0 Å². The summed E-state index contributed by atoms with van der Waals surface area (Å²) >= 11 is 0. The standard InChI is InChI=1S/C12H11NO/c1-13-8-11-10-5-3-2-4-9(10)6-7-12(11)14/h2-8,14H,1H3/b13-8+. The first kappa shape index (κ1) is 8.75. The van der Waals surface area contributed by atoms with Crippen molar-refractivity contribution in [3.05, 3.63) is 42.0 Å². The normalized spacial score (nSPS) is 11.2. The Morgan fingerprint density at radius 3 is 2.71 bits per heavy atom. The molecule has 2 nitrogen and oxygen atoms in total. The van der Waals surface area contributed by atoms with E-state index in [2.05, 4.69) is 4.99 Å². The SMILES string of the molecule is C/N=C/c1c(O)ccc2ccccc12. The summed E-state index contributed by atoms with van der Waals surface area (Å²) in [5.74, 6) is 0.273. The molecule has 2 aromatic rings. The van der Waals surface area contributed by atoms with Crippen LogP contribution in [-0.2, 0) is 0 Å². The first-order valence-corrected chi connectivity index (χ1v) is 4.46. The Morgan fingerprint density at radius 2 is 1.93 bits per heavy atom. The highest BCUT2D eigenvalue weighted by Gasteiger charge is 2.02. The van der Waals surface area contributed by atoms with Gasteiger partial charge in [-0.25, -0.2) is 0 Å². The van der Waals surface area contributed by atoms with Crippen molar-refractivity contribution in [2.24, 2.45) is 4.99 Å². The van der Waals surface area contributed by atoms with Crippen LogP contribution in [0.2, 0.25) is 0 Å². The van der Waals surface area contributed by atoms with Crippen LogP contribution in [0.1, 0.15) is 5.56 Å². The van der Waals surface area contributed by atoms with E-state index in [0.29, 0.717) is 0 Å². The van der Waals surface area contributed by atoms with E-state index in [1.165, 1.54) is 0 Å². The van der Waals surface area contributed by atoms with E-state index in [0.717, 1.165) is 16.3 Å². The van der Waals surface area contributed by atoms with Crippen LogP contribution in [0.5, 0.6) is 5.75 Å². The Morgan fingerprint density at radius 1 is 1.14 bits per heavy atom. The fourth-order valence-corrected chi connectivity index (χ4v) is 1.55. The van der Waals surface area contributed by atoms with Crippen LogP contribution in [-0.4, -0.2) is 18.4 Å². The average molecular weight is 185 g/mol.